The fraction of sp³-hybridized carbons (Fsp3) is 0.531. The number of hydrogen-bond donors (Lipinski definition) is 2. The van der Waals surface area contributed by atoms with Crippen LogP contribution in [0.15, 0.2) is 36.5 Å². The monoisotopic (exact) mass is 589 g/mol. The number of carbonyl (C=O) groups is 4. The van der Waals surface area contributed by atoms with Crippen molar-refractivity contribution >= 4 is 41.0 Å². The van der Waals surface area contributed by atoms with Crippen LogP contribution in [0.25, 0.3) is 0 Å². The van der Waals surface area contributed by atoms with E-state index in [2.05, 4.69) is 15.2 Å². The molecule has 1 unspecified atom stereocenters. The van der Waals surface area contributed by atoms with Gasteiger partial charge in [-0.3, -0.25) is 29.5 Å². The van der Waals surface area contributed by atoms with Crippen LogP contribution < -0.4 is 20.0 Å². The summed E-state index contributed by atoms with van der Waals surface area (Å²) in [5.41, 5.74) is 1.20. The Hall–Kier alpha value is -3.99. The third-order valence-electron chi connectivity index (χ3n) is 9.07. The fourth-order valence-electron chi connectivity index (χ4n) is 6.50. The number of imide groups is 1. The molecular weight excluding hydrogens is 550 g/mol. The highest BCUT2D eigenvalue weighted by atomic mass is 16.6. The molecule has 4 amide bonds. The lowest BCUT2D eigenvalue weighted by atomic mass is 9.84. The quantitative estimate of drug-likeness (QED) is 0.509. The van der Waals surface area contributed by atoms with Gasteiger partial charge in [0.2, 0.25) is 17.7 Å². The van der Waals surface area contributed by atoms with E-state index >= 15 is 0 Å². The summed E-state index contributed by atoms with van der Waals surface area (Å²) >= 11 is 0. The van der Waals surface area contributed by atoms with Crippen LogP contribution in [0.2, 0.25) is 0 Å². The zero-order valence-electron chi connectivity index (χ0n) is 25.2. The van der Waals surface area contributed by atoms with Crippen molar-refractivity contribution in [2.24, 2.45) is 0 Å². The Morgan fingerprint density at radius 1 is 1.12 bits per heavy atom. The number of anilines is 3. The summed E-state index contributed by atoms with van der Waals surface area (Å²) < 4.78 is 5.43. The number of nitrogens with one attached hydrogen (secondary N) is 1. The number of fused-ring (bicyclic) bond motifs is 2. The van der Waals surface area contributed by atoms with Crippen LogP contribution >= 0.6 is 0 Å². The number of ether oxygens (including phenoxy) is 1. The van der Waals surface area contributed by atoms with Crippen molar-refractivity contribution in [2.75, 3.05) is 34.8 Å². The minimum Gasteiger partial charge on any atom is -0.443 e. The average molecular weight is 590 g/mol. The molecule has 2 N–H and O–H groups in total. The van der Waals surface area contributed by atoms with Crippen molar-refractivity contribution in [2.45, 2.75) is 88.4 Å². The van der Waals surface area contributed by atoms with Gasteiger partial charge in [0.05, 0.1) is 22.9 Å². The summed E-state index contributed by atoms with van der Waals surface area (Å²) in [6, 6.07) is 8.92. The molecule has 228 valence electrons. The first kappa shape index (κ1) is 29.1. The number of pyridine rings is 1. The molecule has 11 nitrogen and oxygen atoms in total. The lowest BCUT2D eigenvalue weighted by Gasteiger charge is -2.39. The highest BCUT2D eigenvalue weighted by Gasteiger charge is 2.61. The zero-order valence-corrected chi connectivity index (χ0v) is 25.2. The Kier molecular flexibility index (Phi) is 6.99. The molecule has 4 heterocycles. The third kappa shape index (κ3) is 5.46. The Labute approximate surface area is 251 Å². The Bertz CT molecular complexity index is 1470. The predicted molar refractivity (Wildman–Crippen MR) is 160 cm³/mol. The van der Waals surface area contributed by atoms with Crippen LogP contribution in [0.3, 0.4) is 0 Å². The molecule has 1 saturated carbocycles. The van der Waals surface area contributed by atoms with E-state index < -0.39 is 34.7 Å². The van der Waals surface area contributed by atoms with Crippen molar-refractivity contribution < 1.29 is 29.0 Å². The minimum absolute atomic E-state index is 0.0584. The number of amides is 4. The number of hydrogen-bond acceptors (Lipinski definition) is 8. The Morgan fingerprint density at radius 3 is 2.44 bits per heavy atom. The van der Waals surface area contributed by atoms with Crippen molar-refractivity contribution in [3.8, 4) is 0 Å². The van der Waals surface area contributed by atoms with E-state index in [9.17, 15) is 24.3 Å². The molecule has 4 aliphatic rings. The lowest BCUT2D eigenvalue weighted by Crippen LogP contribution is -2.54. The van der Waals surface area contributed by atoms with Gasteiger partial charge in [-0.05, 0) is 82.2 Å². The number of carbonyl (C=O) groups excluding carboxylic acids is 4. The third-order valence-corrected chi connectivity index (χ3v) is 9.07. The normalized spacial score (nSPS) is 22.3. The minimum atomic E-state index is -0.899. The molecule has 3 fully saturated rings. The summed E-state index contributed by atoms with van der Waals surface area (Å²) in [6.07, 6.45) is 4.79. The van der Waals surface area contributed by atoms with Crippen LogP contribution in [-0.2, 0) is 31.0 Å². The number of benzene rings is 1. The SMILES string of the molecule is CN(C(=O)OC(C)(C)C)c1ccc(N2CCC(O)(Cc3ccc4c(c3)C3(CC3)C(=O)N4C3CCC(=O)NC3=O)CC2)nc1. The number of aliphatic hydroxyl groups is 1. The van der Waals surface area contributed by atoms with Crippen molar-refractivity contribution in [1.29, 1.82) is 0 Å². The van der Waals surface area contributed by atoms with Gasteiger partial charge >= 0.3 is 6.09 Å². The Morgan fingerprint density at radius 2 is 1.84 bits per heavy atom. The second kappa shape index (κ2) is 10.3. The summed E-state index contributed by atoms with van der Waals surface area (Å²) in [4.78, 5) is 59.9. The molecule has 1 aliphatic carbocycles. The summed E-state index contributed by atoms with van der Waals surface area (Å²) in [7, 11) is 1.65. The highest BCUT2D eigenvalue weighted by Crippen LogP contribution is 2.58. The number of piperidine rings is 2. The smallest absolute Gasteiger partial charge is 0.414 e. The molecular formula is C32H39N5O6. The maximum absolute atomic E-state index is 13.5. The van der Waals surface area contributed by atoms with E-state index in [0.717, 1.165) is 35.5 Å². The average Bonchev–Trinajstić information content (AvgIpc) is 3.72. The van der Waals surface area contributed by atoms with E-state index in [-0.39, 0.29) is 18.2 Å². The first-order valence-electron chi connectivity index (χ1n) is 15.0. The molecule has 0 radical (unpaired) electrons. The van der Waals surface area contributed by atoms with Gasteiger partial charge in [0, 0.05) is 38.7 Å². The molecule has 6 rings (SSSR count). The van der Waals surface area contributed by atoms with E-state index in [1.165, 1.54) is 4.90 Å². The molecule has 11 heteroatoms. The molecule has 1 aromatic carbocycles. The summed E-state index contributed by atoms with van der Waals surface area (Å²) in [5, 5.41) is 13.9. The molecule has 1 spiro atoms. The van der Waals surface area contributed by atoms with Gasteiger partial charge in [-0.15, -0.1) is 0 Å². The number of rotatable bonds is 5. The first-order valence-corrected chi connectivity index (χ1v) is 15.0. The van der Waals surface area contributed by atoms with Crippen molar-refractivity contribution in [1.82, 2.24) is 10.3 Å². The number of nitrogens with zero attached hydrogens (tertiary/aromatic N) is 4. The molecule has 3 aliphatic heterocycles. The van der Waals surface area contributed by atoms with Crippen molar-refractivity contribution in [3.05, 3.63) is 47.7 Å². The predicted octanol–water partition coefficient (Wildman–Crippen LogP) is 3.21. The van der Waals surface area contributed by atoms with Crippen LogP contribution in [0, 0.1) is 0 Å². The van der Waals surface area contributed by atoms with Crippen LogP contribution in [0.4, 0.5) is 22.0 Å². The van der Waals surface area contributed by atoms with Gasteiger partial charge in [-0.2, -0.15) is 0 Å². The second-order valence-corrected chi connectivity index (χ2v) is 13.4. The molecule has 2 saturated heterocycles. The van der Waals surface area contributed by atoms with E-state index in [1.54, 1.807) is 18.1 Å². The van der Waals surface area contributed by atoms with Gasteiger partial charge in [-0.1, -0.05) is 12.1 Å². The molecule has 1 atom stereocenters. The standard InChI is InChI=1S/C32H39N5O6/c1-30(2,3)43-29(41)35(4)21-6-9-25(33-19-21)36-15-13-31(42,14-16-36)18-20-5-7-23-22(17-20)32(11-12-32)28(40)37(23)24-8-10-26(38)34-27(24)39/h5-7,9,17,19,24,42H,8,10-16,18H2,1-4H3,(H,34,38,39). The lowest BCUT2D eigenvalue weighted by molar-refractivity contribution is -0.135. The first-order chi connectivity index (χ1) is 20.3. The van der Waals surface area contributed by atoms with E-state index in [4.69, 9.17) is 4.74 Å². The molecule has 1 aromatic heterocycles. The maximum Gasteiger partial charge on any atom is 0.414 e. The largest absolute Gasteiger partial charge is 0.443 e. The molecule has 2 aromatic rings. The second-order valence-electron chi connectivity index (χ2n) is 13.4. The van der Waals surface area contributed by atoms with E-state index in [1.807, 2.05) is 51.1 Å². The van der Waals surface area contributed by atoms with Crippen LogP contribution in [-0.4, -0.2) is 71.3 Å². The van der Waals surface area contributed by atoms with Gasteiger partial charge in [-0.25, -0.2) is 9.78 Å². The van der Waals surface area contributed by atoms with Crippen LogP contribution in [0.5, 0.6) is 0 Å². The molecule has 0 bridgehead atoms. The summed E-state index contributed by atoms with van der Waals surface area (Å²) in [5.74, 6) is 0.000651. The zero-order chi connectivity index (χ0) is 30.7. The van der Waals surface area contributed by atoms with Gasteiger partial charge in [0.1, 0.15) is 17.5 Å². The van der Waals surface area contributed by atoms with Gasteiger partial charge in [0.25, 0.3) is 0 Å². The fourth-order valence-corrected chi connectivity index (χ4v) is 6.50. The van der Waals surface area contributed by atoms with Crippen molar-refractivity contribution in [3.63, 3.8) is 0 Å². The highest BCUT2D eigenvalue weighted by molar-refractivity contribution is 6.15. The van der Waals surface area contributed by atoms with Crippen LogP contribution in [0.1, 0.15) is 70.4 Å². The van der Waals surface area contributed by atoms with Gasteiger partial charge < -0.3 is 14.7 Å². The topological polar surface area (TPSA) is 132 Å². The summed E-state index contributed by atoms with van der Waals surface area (Å²) in [6.45, 7) is 6.72. The van der Waals surface area contributed by atoms with E-state index in [0.29, 0.717) is 44.5 Å². The Balaban J connectivity index is 1.11. The number of aromatic nitrogens is 1. The van der Waals surface area contributed by atoms with Gasteiger partial charge in [0.15, 0.2) is 0 Å². The maximum atomic E-state index is 13.5. The molecule has 43 heavy (non-hydrogen) atoms.